The van der Waals surface area contributed by atoms with Crippen molar-refractivity contribution in [3.63, 3.8) is 0 Å². The first-order valence-corrected chi connectivity index (χ1v) is 6.33. The van der Waals surface area contributed by atoms with Gasteiger partial charge in [0, 0.05) is 0 Å². The number of carboxylic acid groups (broad SMARTS) is 1. The van der Waals surface area contributed by atoms with Crippen molar-refractivity contribution in [1.29, 1.82) is 0 Å². The monoisotopic (exact) mass is 251 g/mol. The number of aliphatic carboxylic acids is 1. The van der Waals surface area contributed by atoms with E-state index in [9.17, 15) is 4.79 Å². The number of rotatable bonds is 5. The Labute approximate surface area is 103 Å². The average Bonchev–Trinajstić information content (AvgIpc) is 2.70. The molecule has 2 rings (SSSR count). The molecule has 0 fully saturated rings. The van der Waals surface area contributed by atoms with Gasteiger partial charge in [0.1, 0.15) is 10.8 Å². The Hall–Kier alpha value is -1.49. The van der Waals surface area contributed by atoms with Crippen LogP contribution in [-0.2, 0) is 4.79 Å². The Morgan fingerprint density at radius 3 is 2.94 bits per heavy atom. The molecule has 1 aromatic heterocycles. The van der Waals surface area contributed by atoms with Gasteiger partial charge in [-0.2, -0.15) is 0 Å². The van der Waals surface area contributed by atoms with Crippen LogP contribution in [0.1, 0.15) is 19.8 Å². The second-order valence-corrected chi connectivity index (χ2v) is 4.83. The largest absolute Gasteiger partial charge is 0.480 e. The van der Waals surface area contributed by atoms with E-state index in [0.29, 0.717) is 17.2 Å². The maximum atomic E-state index is 11.0. The quantitative estimate of drug-likeness (QED) is 0.827. The van der Waals surface area contributed by atoms with Gasteiger partial charge in [-0.25, -0.2) is 4.98 Å². The average molecular weight is 251 g/mol. The molecule has 1 atom stereocenters. The minimum atomic E-state index is -0.820. The van der Waals surface area contributed by atoms with E-state index in [-0.39, 0.29) is 0 Å². The lowest BCUT2D eigenvalue weighted by molar-refractivity contribution is -0.136. The number of nitrogens with zero attached hydrogens (tertiary/aromatic N) is 1. The van der Waals surface area contributed by atoms with Gasteiger partial charge in [0.15, 0.2) is 5.58 Å². The predicted molar refractivity (Wildman–Crippen MR) is 66.2 cm³/mol. The smallest absolute Gasteiger partial charge is 0.317 e. The number of hydrogen-bond donors (Lipinski definition) is 1. The maximum Gasteiger partial charge on any atom is 0.317 e. The van der Waals surface area contributed by atoms with Crippen molar-refractivity contribution >= 4 is 28.8 Å². The topological polar surface area (TPSA) is 63.3 Å². The fourth-order valence-corrected chi connectivity index (χ4v) is 2.50. The molecular weight excluding hydrogens is 238 g/mol. The zero-order valence-corrected chi connectivity index (χ0v) is 10.2. The van der Waals surface area contributed by atoms with Gasteiger partial charge < -0.3 is 9.52 Å². The fourth-order valence-electron chi connectivity index (χ4n) is 1.52. The third-order valence-corrected chi connectivity index (χ3v) is 3.44. The highest BCUT2D eigenvalue weighted by Crippen LogP contribution is 2.28. The number of carboxylic acids is 1. The summed E-state index contributed by atoms with van der Waals surface area (Å²) >= 11 is 1.17. The van der Waals surface area contributed by atoms with Crippen molar-refractivity contribution < 1.29 is 14.3 Å². The van der Waals surface area contributed by atoms with Crippen molar-refractivity contribution in [3.05, 3.63) is 24.3 Å². The second-order valence-electron chi connectivity index (χ2n) is 3.68. The van der Waals surface area contributed by atoms with Crippen LogP contribution in [-0.4, -0.2) is 21.3 Å². The molecule has 0 spiro atoms. The molecular formula is C12H13NO3S. The van der Waals surface area contributed by atoms with E-state index in [0.717, 1.165) is 11.9 Å². The summed E-state index contributed by atoms with van der Waals surface area (Å²) in [5.41, 5.74) is 1.45. The molecule has 1 N–H and O–H groups in total. The van der Waals surface area contributed by atoms with Crippen LogP contribution in [0, 0.1) is 0 Å². The Balaban J connectivity index is 2.19. The molecule has 0 aliphatic heterocycles. The van der Waals surface area contributed by atoms with Gasteiger partial charge in [-0.3, -0.25) is 4.79 Å². The molecule has 1 aromatic carbocycles. The predicted octanol–water partition coefficient (Wildman–Crippen LogP) is 3.17. The standard InChI is InChI=1S/C12H13NO3S/c1-2-5-10(11(14)15)17-12-13-8-6-3-4-7-9(8)16-12/h3-4,6-7,10H,2,5H2,1H3,(H,14,15). The van der Waals surface area contributed by atoms with Crippen LogP contribution in [0.2, 0.25) is 0 Å². The number of para-hydroxylation sites is 2. The van der Waals surface area contributed by atoms with Gasteiger partial charge in [-0.1, -0.05) is 37.2 Å². The Morgan fingerprint density at radius 1 is 1.53 bits per heavy atom. The van der Waals surface area contributed by atoms with Crippen molar-refractivity contribution in [1.82, 2.24) is 4.98 Å². The van der Waals surface area contributed by atoms with E-state index in [4.69, 9.17) is 9.52 Å². The number of aromatic nitrogens is 1. The van der Waals surface area contributed by atoms with Crippen molar-refractivity contribution in [3.8, 4) is 0 Å². The lowest BCUT2D eigenvalue weighted by Gasteiger charge is -2.06. The van der Waals surface area contributed by atoms with Crippen molar-refractivity contribution in [2.24, 2.45) is 0 Å². The Morgan fingerprint density at radius 2 is 2.29 bits per heavy atom. The zero-order valence-electron chi connectivity index (χ0n) is 9.42. The molecule has 1 heterocycles. The number of hydrogen-bond acceptors (Lipinski definition) is 4. The molecule has 0 saturated carbocycles. The molecule has 5 heteroatoms. The molecule has 0 bridgehead atoms. The van der Waals surface area contributed by atoms with Gasteiger partial charge in [-0.15, -0.1) is 0 Å². The zero-order chi connectivity index (χ0) is 12.3. The summed E-state index contributed by atoms with van der Waals surface area (Å²) in [5.74, 6) is -0.820. The first kappa shape index (κ1) is 12.0. The van der Waals surface area contributed by atoms with Crippen LogP contribution in [0.5, 0.6) is 0 Å². The molecule has 2 aromatic rings. The van der Waals surface area contributed by atoms with Crippen LogP contribution in [0.3, 0.4) is 0 Å². The minimum absolute atomic E-state index is 0.423. The summed E-state index contributed by atoms with van der Waals surface area (Å²) in [6, 6.07) is 7.41. The van der Waals surface area contributed by atoms with Gasteiger partial charge in [0.25, 0.3) is 5.22 Å². The minimum Gasteiger partial charge on any atom is -0.480 e. The van der Waals surface area contributed by atoms with Crippen LogP contribution >= 0.6 is 11.8 Å². The van der Waals surface area contributed by atoms with E-state index < -0.39 is 11.2 Å². The Kier molecular flexibility index (Phi) is 3.68. The summed E-state index contributed by atoms with van der Waals surface area (Å²) in [5, 5.41) is 8.98. The highest BCUT2D eigenvalue weighted by Gasteiger charge is 2.20. The molecule has 90 valence electrons. The number of benzene rings is 1. The van der Waals surface area contributed by atoms with Gasteiger partial charge in [0.05, 0.1) is 0 Å². The summed E-state index contributed by atoms with van der Waals surface area (Å²) in [6.07, 6.45) is 1.43. The SMILES string of the molecule is CCCC(Sc1nc2ccccc2o1)C(=O)O. The van der Waals surface area contributed by atoms with E-state index >= 15 is 0 Å². The number of oxazole rings is 1. The molecule has 0 aliphatic carbocycles. The van der Waals surface area contributed by atoms with E-state index in [1.54, 1.807) is 0 Å². The van der Waals surface area contributed by atoms with Crippen LogP contribution in [0.4, 0.5) is 0 Å². The van der Waals surface area contributed by atoms with E-state index in [1.807, 2.05) is 31.2 Å². The summed E-state index contributed by atoms with van der Waals surface area (Å²) in [7, 11) is 0. The fraction of sp³-hybridized carbons (Fsp3) is 0.333. The van der Waals surface area contributed by atoms with Crippen LogP contribution < -0.4 is 0 Å². The molecule has 0 aliphatic rings. The summed E-state index contributed by atoms with van der Waals surface area (Å²) in [4.78, 5) is 15.3. The lowest BCUT2D eigenvalue weighted by Crippen LogP contribution is -2.15. The summed E-state index contributed by atoms with van der Waals surface area (Å²) < 4.78 is 5.48. The lowest BCUT2D eigenvalue weighted by atomic mass is 10.2. The second kappa shape index (κ2) is 5.23. The Bertz CT molecular complexity index is 490. The number of thioether (sulfide) groups is 1. The molecule has 0 radical (unpaired) electrons. The highest BCUT2D eigenvalue weighted by atomic mass is 32.2. The first-order valence-electron chi connectivity index (χ1n) is 5.45. The van der Waals surface area contributed by atoms with Gasteiger partial charge in [0.2, 0.25) is 0 Å². The molecule has 4 nitrogen and oxygen atoms in total. The maximum absolute atomic E-state index is 11.0. The molecule has 0 amide bonds. The third kappa shape index (κ3) is 2.79. The number of fused-ring (bicyclic) bond motifs is 1. The molecule has 1 unspecified atom stereocenters. The van der Waals surface area contributed by atoms with E-state index in [2.05, 4.69) is 4.98 Å². The molecule has 17 heavy (non-hydrogen) atoms. The van der Waals surface area contributed by atoms with Crippen LogP contribution in [0.15, 0.2) is 33.9 Å². The van der Waals surface area contributed by atoms with Crippen LogP contribution in [0.25, 0.3) is 11.1 Å². The first-order chi connectivity index (χ1) is 8.20. The molecule has 0 saturated heterocycles. The normalized spacial score (nSPS) is 12.8. The van der Waals surface area contributed by atoms with E-state index in [1.165, 1.54) is 11.8 Å². The highest BCUT2D eigenvalue weighted by molar-refractivity contribution is 8.00. The summed E-state index contributed by atoms with van der Waals surface area (Å²) in [6.45, 7) is 1.96. The third-order valence-electron chi connectivity index (χ3n) is 2.34. The number of carbonyl (C=O) groups is 1. The van der Waals surface area contributed by atoms with Gasteiger partial charge >= 0.3 is 5.97 Å². The van der Waals surface area contributed by atoms with Crippen molar-refractivity contribution in [2.45, 2.75) is 30.2 Å². The van der Waals surface area contributed by atoms with Crippen molar-refractivity contribution in [2.75, 3.05) is 0 Å². The van der Waals surface area contributed by atoms with Gasteiger partial charge in [-0.05, 0) is 18.6 Å².